The summed E-state index contributed by atoms with van der Waals surface area (Å²) in [6.45, 7) is 2.05. The van der Waals surface area contributed by atoms with Crippen LogP contribution in [0.1, 0.15) is 32.6 Å². The predicted molar refractivity (Wildman–Crippen MR) is 75.8 cm³/mol. The van der Waals surface area contributed by atoms with E-state index in [1.165, 1.54) is 12.1 Å². The number of rotatable bonds is 3. The molecule has 0 amide bonds. The van der Waals surface area contributed by atoms with Crippen LogP contribution in [0.15, 0.2) is 27.6 Å². The van der Waals surface area contributed by atoms with Crippen molar-refractivity contribution >= 4 is 26.0 Å². The summed E-state index contributed by atoms with van der Waals surface area (Å²) >= 11 is 3.01. The van der Waals surface area contributed by atoms with Crippen LogP contribution in [0.3, 0.4) is 0 Å². The van der Waals surface area contributed by atoms with Crippen LogP contribution in [0, 0.1) is 11.7 Å². The Balaban J connectivity index is 2.19. The Labute approximate surface area is 121 Å². The van der Waals surface area contributed by atoms with Crippen molar-refractivity contribution in [1.29, 1.82) is 0 Å². The third kappa shape index (κ3) is 3.55. The lowest BCUT2D eigenvalue weighted by Gasteiger charge is -2.29. The molecule has 1 aromatic rings. The lowest BCUT2D eigenvalue weighted by molar-refractivity contribution is 0.310. The molecule has 0 spiro atoms. The highest BCUT2D eigenvalue weighted by Gasteiger charge is 2.27. The molecule has 106 valence electrons. The second-order valence-corrected chi connectivity index (χ2v) is 7.63. The Morgan fingerprint density at radius 3 is 2.63 bits per heavy atom. The minimum atomic E-state index is -3.64. The zero-order valence-electron chi connectivity index (χ0n) is 10.7. The van der Waals surface area contributed by atoms with E-state index in [0.717, 1.165) is 31.7 Å². The third-order valence-corrected chi connectivity index (χ3v) is 5.75. The normalized spacial score (nSPS) is 24.4. The molecule has 1 N–H and O–H groups in total. The highest BCUT2D eigenvalue weighted by atomic mass is 79.9. The molecular weight excluding hydrogens is 333 g/mol. The zero-order chi connectivity index (χ0) is 14.0. The molecule has 2 rings (SSSR count). The van der Waals surface area contributed by atoms with E-state index in [1.54, 1.807) is 0 Å². The molecule has 2 unspecified atom stereocenters. The zero-order valence-corrected chi connectivity index (χ0v) is 13.1. The predicted octanol–water partition coefficient (Wildman–Crippen LogP) is 3.45. The van der Waals surface area contributed by atoms with Gasteiger partial charge in [0.25, 0.3) is 0 Å². The van der Waals surface area contributed by atoms with Gasteiger partial charge in [0, 0.05) is 6.04 Å². The number of hydrogen-bond donors (Lipinski definition) is 1. The van der Waals surface area contributed by atoms with Gasteiger partial charge in [0.1, 0.15) is 5.82 Å². The summed E-state index contributed by atoms with van der Waals surface area (Å²) in [6.07, 6.45) is 4.06. The molecule has 0 heterocycles. The number of halogens is 2. The first kappa shape index (κ1) is 14.9. The first-order chi connectivity index (χ1) is 8.90. The van der Waals surface area contributed by atoms with E-state index < -0.39 is 15.8 Å². The van der Waals surface area contributed by atoms with Crippen LogP contribution >= 0.6 is 15.9 Å². The Bertz CT molecular complexity index is 562. The van der Waals surface area contributed by atoms with Gasteiger partial charge in [-0.3, -0.25) is 0 Å². The number of sulfonamides is 1. The van der Waals surface area contributed by atoms with E-state index in [1.807, 2.05) is 0 Å². The SMILES string of the molecule is CC1CCCCC1NS(=O)(=O)c1ccc(Br)c(F)c1. The van der Waals surface area contributed by atoms with Crippen molar-refractivity contribution < 1.29 is 12.8 Å². The van der Waals surface area contributed by atoms with Crippen molar-refractivity contribution in [2.75, 3.05) is 0 Å². The van der Waals surface area contributed by atoms with Crippen LogP contribution in [-0.4, -0.2) is 14.5 Å². The maximum absolute atomic E-state index is 13.4. The topological polar surface area (TPSA) is 46.2 Å². The van der Waals surface area contributed by atoms with Crippen LogP contribution in [-0.2, 0) is 10.0 Å². The van der Waals surface area contributed by atoms with Crippen molar-refractivity contribution in [3.63, 3.8) is 0 Å². The Hall–Kier alpha value is -0.460. The van der Waals surface area contributed by atoms with E-state index in [4.69, 9.17) is 0 Å². The molecule has 0 bridgehead atoms. The summed E-state index contributed by atoms with van der Waals surface area (Å²) in [5.41, 5.74) is 0. The summed E-state index contributed by atoms with van der Waals surface area (Å²) < 4.78 is 40.8. The van der Waals surface area contributed by atoms with E-state index >= 15 is 0 Å². The van der Waals surface area contributed by atoms with Gasteiger partial charge < -0.3 is 0 Å². The average molecular weight is 350 g/mol. The summed E-state index contributed by atoms with van der Waals surface area (Å²) in [7, 11) is -3.64. The molecule has 6 heteroatoms. The van der Waals surface area contributed by atoms with Crippen molar-refractivity contribution in [2.24, 2.45) is 5.92 Å². The first-order valence-corrected chi connectivity index (χ1v) is 8.65. The van der Waals surface area contributed by atoms with Gasteiger partial charge in [-0.15, -0.1) is 0 Å². The maximum atomic E-state index is 13.4. The Kier molecular flexibility index (Phi) is 4.63. The molecular formula is C13H17BrFNO2S. The summed E-state index contributed by atoms with van der Waals surface area (Å²) in [5.74, 6) is -0.247. The van der Waals surface area contributed by atoms with Gasteiger partial charge in [-0.05, 0) is 52.9 Å². The first-order valence-electron chi connectivity index (χ1n) is 6.37. The molecule has 0 aliphatic heterocycles. The standard InChI is InChI=1S/C13H17BrFNO2S/c1-9-4-2-3-5-13(9)16-19(17,18)10-6-7-11(14)12(15)8-10/h6-9,13,16H,2-5H2,1H3. The second kappa shape index (κ2) is 5.89. The van der Waals surface area contributed by atoms with E-state index in [9.17, 15) is 12.8 Å². The Morgan fingerprint density at radius 1 is 1.32 bits per heavy atom. The molecule has 1 saturated carbocycles. The third-order valence-electron chi connectivity index (χ3n) is 3.62. The largest absolute Gasteiger partial charge is 0.240 e. The molecule has 19 heavy (non-hydrogen) atoms. The monoisotopic (exact) mass is 349 g/mol. The van der Waals surface area contributed by atoms with Crippen molar-refractivity contribution in [1.82, 2.24) is 4.72 Å². The summed E-state index contributed by atoms with van der Waals surface area (Å²) in [5, 5.41) is 0. The minimum Gasteiger partial charge on any atom is -0.208 e. The van der Waals surface area contributed by atoms with Crippen LogP contribution in [0.2, 0.25) is 0 Å². The van der Waals surface area contributed by atoms with E-state index in [0.29, 0.717) is 5.92 Å². The molecule has 0 aromatic heterocycles. The van der Waals surface area contributed by atoms with Crippen LogP contribution in [0.25, 0.3) is 0 Å². The molecule has 2 atom stereocenters. The minimum absolute atomic E-state index is 0.0222. The molecule has 1 aliphatic rings. The lowest BCUT2D eigenvalue weighted by atomic mass is 9.87. The smallest absolute Gasteiger partial charge is 0.208 e. The summed E-state index contributed by atoms with van der Waals surface area (Å²) in [4.78, 5) is -0.0222. The van der Waals surface area contributed by atoms with Gasteiger partial charge in [0.15, 0.2) is 0 Å². The Morgan fingerprint density at radius 2 is 2.00 bits per heavy atom. The van der Waals surface area contributed by atoms with Crippen LogP contribution < -0.4 is 4.72 Å². The number of benzene rings is 1. The fourth-order valence-corrected chi connectivity index (χ4v) is 4.04. The van der Waals surface area contributed by atoms with Gasteiger partial charge in [-0.25, -0.2) is 17.5 Å². The van der Waals surface area contributed by atoms with Crippen LogP contribution in [0.4, 0.5) is 4.39 Å². The fourth-order valence-electron chi connectivity index (χ4n) is 2.40. The second-order valence-electron chi connectivity index (χ2n) is 5.07. The van der Waals surface area contributed by atoms with Gasteiger partial charge in [-0.2, -0.15) is 0 Å². The maximum Gasteiger partial charge on any atom is 0.240 e. The molecule has 1 aromatic carbocycles. The fraction of sp³-hybridized carbons (Fsp3) is 0.538. The van der Waals surface area contributed by atoms with Crippen molar-refractivity contribution in [3.8, 4) is 0 Å². The molecule has 0 saturated heterocycles. The molecule has 3 nitrogen and oxygen atoms in total. The quantitative estimate of drug-likeness (QED) is 0.908. The summed E-state index contributed by atoms with van der Waals surface area (Å²) in [6, 6.07) is 3.81. The molecule has 1 fully saturated rings. The van der Waals surface area contributed by atoms with Gasteiger partial charge in [-0.1, -0.05) is 19.8 Å². The highest BCUT2D eigenvalue weighted by Crippen LogP contribution is 2.26. The van der Waals surface area contributed by atoms with Gasteiger partial charge in [0.05, 0.1) is 9.37 Å². The van der Waals surface area contributed by atoms with Crippen molar-refractivity contribution in [3.05, 3.63) is 28.5 Å². The molecule has 1 aliphatic carbocycles. The average Bonchev–Trinajstić information content (AvgIpc) is 2.35. The van der Waals surface area contributed by atoms with E-state index in [-0.39, 0.29) is 15.4 Å². The highest BCUT2D eigenvalue weighted by molar-refractivity contribution is 9.10. The lowest BCUT2D eigenvalue weighted by Crippen LogP contribution is -2.40. The number of nitrogens with one attached hydrogen (secondary N) is 1. The number of hydrogen-bond acceptors (Lipinski definition) is 2. The van der Waals surface area contributed by atoms with Crippen LogP contribution in [0.5, 0.6) is 0 Å². The van der Waals surface area contributed by atoms with E-state index in [2.05, 4.69) is 27.6 Å². The van der Waals surface area contributed by atoms with Crippen molar-refractivity contribution in [2.45, 2.75) is 43.5 Å². The van der Waals surface area contributed by atoms with Gasteiger partial charge >= 0.3 is 0 Å². The molecule has 0 radical (unpaired) electrons. The van der Waals surface area contributed by atoms with Gasteiger partial charge in [0.2, 0.25) is 10.0 Å².